The molecular formula is C16H19FO2. The quantitative estimate of drug-likeness (QED) is 0.868. The summed E-state index contributed by atoms with van der Waals surface area (Å²) < 4.78 is 18.8. The smallest absolute Gasteiger partial charge is 0.134 e. The maximum Gasteiger partial charge on any atom is 0.134 e. The van der Waals surface area contributed by atoms with E-state index in [4.69, 9.17) is 4.42 Å². The van der Waals surface area contributed by atoms with Crippen LogP contribution in [0.1, 0.15) is 45.0 Å². The summed E-state index contributed by atoms with van der Waals surface area (Å²) in [6, 6.07) is 6.19. The van der Waals surface area contributed by atoms with Gasteiger partial charge in [-0.15, -0.1) is 0 Å². The largest absolute Gasteiger partial charge is 0.458 e. The van der Waals surface area contributed by atoms with E-state index in [0.29, 0.717) is 16.7 Å². The molecule has 19 heavy (non-hydrogen) atoms. The number of furan rings is 1. The number of hydrogen-bond acceptors (Lipinski definition) is 2. The molecule has 0 radical (unpaired) electrons. The minimum atomic E-state index is -0.604. The van der Waals surface area contributed by atoms with Gasteiger partial charge >= 0.3 is 0 Å². The second kappa shape index (κ2) is 4.34. The second-order valence-corrected chi connectivity index (χ2v) is 6.26. The van der Waals surface area contributed by atoms with Gasteiger partial charge in [-0.3, -0.25) is 0 Å². The van der Waals surface area contributed by atoms with Gasteiger partial charge in [0.25, 0.3) is 0 Å². The van der Waals surface area contributed by atoms with Crippen LogP contribution in [0.3, 0.4) is 0 Å². The Kier molecular flexibility index (Phi) is 2.90. The lowest BCUT2D eigenvalue weighted by molar-refractivity contribution is 0.0379. The molecule has 1 aliphatic rings. The van der Waals surface area contributed by atoms with Crippen molar-refractivity contribution in [1.29, 1.82) is 0 Å². The summed E-state index contributed by atoms with van der Waals surface area (Å²) in [5.74, 6) is 0.481. The molecule has 0 amide bonds. The molecule has 2 nitrogen and oxygen atoms in total. The molecule has 1 saturated carbocycles. The van der Waals surface area contributed by atoms with Gasteiger partial charge in [0.2, 0.25) is 0 Å². The highest BCUT2D eigenvalue weighted by Gasteiger charge is 2.40. The molecule has 1 fully saturated rings. The Bertz CT molecular complexity index is 600. The van der Waals surface area contributed by atoms with E-state index in [9.17, 15) is 9.50 Å². The van der Waals surface area contributed by atoms with E-state index in [2.05, 4.69) is 13.8 Å². The molecule has 102 valence electrons. The van der Waals surface area contributed by atoms with E-state index < -0.39 is 6.10 Å². The molecule has 1 aromatic carbocycles. The summed E-state index contributed by atoms with van der Waals surface area (Å²) in [6.07, 6.45) is 2.68. The average molecular weight is 262 g/mol. The molecule has 0 aliphatic heterocycles. The van der Waals surface area contributed by atoms with E-state index in [-0.39, 0.29) is 17.2 Å². The van der Waals surface area contributed by atoms with Crippen LogP contribution in [0.5, 0.6) is 0 Å². The molecular weight excluding hydrogens is 243 g/mol. The Morgan fingerprint density at radius 2 is 2.16 bits per heavy atom. The standard InChI is InChI=1S/C16H19FO2/c1-16(2)7-3-4-12(16)15(18)14-9-10-8-11(17)5-6-13(10)19-14/h5-6,8-9,12,15,18H,3-4,7H2,1-2H3. The monoisotopic (exact) mass is 262 g/mol. The Hall–Kier alpha value is -1.35. The predicted molar refractivity (Wildman–Crippen MR) is 72.3 cm³/mol. The molecule has 0 bridgehead atoms. The Morgan fingerprint density at radius 1 is 1.37 bits per heavy atom. The van der Waals surface area contributed by atoms with Crippen molar-refractivity contribution < 1.29 is 13.9 Å². The number of rotatable bonds is 2. The molecule has 2 atom stereocenters. The highest BCUT2D eigenvalue weighted by atomic mass is 19.1. The summed E-state index contributed by atoms with van der Waals surface area (Å²) in [5, 5.41) is 11.3. The van der Waals surface area contributed by atoms with Gasteiger partial charge in [0.1, 0.15) is 23.3 Å². The van der Waals surface area contributed by atoms with Gasteiger partial charge in [-0.05, 0) is 48.4 Å². The average Bonchev–Trinajstić information content (AvgIpc) is 2.90. The van der Waals surface area contributed by atoms with Crippen molar-refractivity contribution >= 4 is 11.0 Å². The number of fused-ring (bicyclic) bond motifs is 1. The molecule has 1 N–H and O–H groups in total. The zero-order valence-electron chi connectivity index (χ0n) is 11.3. The number of aliphatic hydroxyl groups excluding tert-OH is 1. The first kappa shape index (κ1) is 12.7. The van der Waals surface area contributed by atoms with E-state index in [1.807, 2.05) is 0 Å². The van der Waals surface area contributed by atoms with Crippen LogP contribution in [0.25, 0.3) is 11.0 Å². The normalized spacial score (nSPS) is 23.9. The highest BCUT2D eigenvalue weighted by Crippen LogP contribution is 2.49. The molecule has 0 saturated heterocycles. The van der Waals surface area contributed by atoms with Gasteiger partial charge in [0, 0.05) is 5.39 Å². The van der Waals surface area contributed by atoms with Gasteiger partial charge in [0.15, 0.2) is 0 Å². The molecule has 0 spiro atoms. The van der Waals surface area contributed by atoms with Crippen molar-refractivity contribution in [3.8, 4) is 0 Å². The second-order valence-electron chi connectivity index (χ2n) is 6.26. The van der Waals surface area contributed by atoms with Crippen LogP contribution in [0.2, 0.25) is 0 Å². The molecule has 2 unspecified atom stereocenters. The predicted octanol–water partition coefficient (Wildman–Crippen LogP) is 4.43. The van der Waals surface area contributed by atoms with Crippen LogP contribution in [-0.4, -0.2) is 5.11 Å². The first-order valence-electron chi connectivity index (χ1n) is 6.84. The van der Waals surface area contributed by atoms with E-state index in [1.165, 1.54) is 12.1 Å². The molecule has 2 aromatic rings. The van der Waals surface area contributed by atoms with Crippen molar-refractivity contribution in [3.05, 3.63) is 35.8 Å². The Morgan fingerprint density at radius 3 is 2.84 bits per heavy atom. The number of benzene rings is 1. The lowest BCUT2D eigenvalue weighted by Gasteiger charge is -2.30. The molecule has 3 heteroatoms. The van der Waals surface area contributed by atoms with Crippen molar-refractivity contribution in [2.24, 2.45) is 11.3 Å². The number of hydrogen-bond donors (Lipinski definition) is 1. The van der Waals surface area contributed by atoms with Gasteiger partial charge in [0.05, 0.1) is 0 Å². The zero-order valence-corrected chi connectivity index (χ0v) is 11.3. The summed E-state index contributed by atoms with van der Waals surface area (Å²) >= 11 is 0. The minimum absolute atomic E-state index is 0.129. The Labute approximate surface area is 112 Å². The Balaban J connectivity index is 1.95. The summed E-state index contributed by atoms with van der Waals surface area (Å²) in [6.45, 7) is 4.38. The van der Waals surface area contributed by atoms with Gasteiger partial charge < -0.3 is 9.52 Å². The lowest BCUT2D eigenvalue weighted by atomic mass is 9.78. The maximum atomic E-state index is 13.2. The third-order valence-corrected chi connectivity index (χ3v) is 4.51. The zero-order chi connectivity index (χ0) is 13.6. The first-order valence-corrected chi connectivity index (χ1v) is 6.84. The van der Waals surface area contributed by atoms with Crippen LogP contribution in [0.15, 0.2) is 28.7 Å². The molecule has 1 aliphatic carbocycles. The van der Waals surface area contributed by atoms with E-state index in [1.54, 1.807) is 12.1 Å². The first-order chi connectivity index (χ1) is 8.97. The van der Waals surface area contributed by atoms with Crippen molar-refractivity contribution in [2.75, 3.05) is 0 Å². The summed E-state index contributed by atoms with van der Waals surface area (Å²) in [4.78, 5) is 0. The molecule has 1 heterocycles. The topological polar surface area (TPSA) is 33.4 Å². The fourth-order valence-corrected chi connectivity index (χ4v) is 3.32. The van der Waals surface area contributed by atoms with Crippen molar-refractivity contribution in [2.45, 2.75) is 39.2 Å². The number of halogens is 1. The van der Waals surface area contributed by atoms with Crippen molar-refractivity contribution in [3.63, 3.8) is 0 Å². The third kappa shape index (κ3) is 2.16. The fourth-order valence-electron chi connectivity index (χ4n) is 3.32. The lowest BCUT2D eigenvalue weighted by Crippen LogP contribution is -2.23. The van der Waals surface area contributed by atoms with Crippen LogP contribution in [0.4, 0.5) is 4.39 Å². The summed E-state index contributed by atoms with van der Waals surface area (Å²) in [5.41, 5.74) is 0.759. The van der Waals surface area contributed by atoms with E-state index >= 15 is 0 Å². The molecule has 3 rings (SSSR count). The molecule has 1 aromatic heterocycles. The van der Waals surface area contributed by atoms with E-state index in [0.717, 1.165) is 19.3 Å². The van der Waals surface area contributed by atoms with Gasteiger partial charge in [-0.1, -0.05) is 20.3 Å². The highest BCUT2D eigenvalue weighted by molar-refractivity contribution is 5.77. The minimum Gasteiger partial charge on any atom is -0.458 e. The maximum absolute atomic E-state index is 13.2. The number of aliphatic hydroxyl groups is 1. The van der Waals surface area contributed by atoms with Crippen LogP contribution < -0.4 is 0 Å². The van der Waals surface area contributed by atoms with Crippen LogP contribution in [-0.2, 0) is 0 Å². The van der Waals surface area contributed by atoms with Crippen molar-refractivity contribution in [1.82, 2.24) is 0 Å². The van der Waals surface area contributed by atoms with Gasteiger partial charge in [-0.25, -0.2) is 4.39 Å². The third-order valence-electron chi connectivity index (χ3n) is 4.51. The fraction of sp³-hybridized carbons (Fsp3) is 0.500. The van der Waals surface area contributed by atoms with Gasteiger partial charge in [-0.2, -0.15) is 0 Å². The van der Waals surface area contributed by atoms with Crippen LogP contribution >= 0.6 is 0 Å². The summed E-state index contributed by atoms with van der Waals surface area (Å²) in [7, 11) is 0. The van der Waals surface area contributed by atoms with Crippen LogP contribution in [0, 0.1) is 17.2 Å². The SMILES string of the molecule is CC1(C)CCCC1C(O)c1cc2cc(F)ccc2o1.